The first kappa shape index (κ1) is 9.24. The van der Waals surface area contributed by atoms with E-state index in [1.54, 1.807) is 7.11 Å². The molecular weight excluding hydrogens is 176 g/mol. The smallest absolute Gasteiger partial charge is 0.0862 e. The molecule has 3 nitrogen and oxygen atoms in total. The molecule has 0 spiro atoms. The van der Waals surface area contributed by atoms with Crippen LogP contribution in [0.25, 0.3) is 10.9 Å². The molecule has 1 aromatic heterocycles. The number of H-pyrrole nitrogens is 1. The molecule has 1 heterocycles. The highest BCUT2D eigenvalue weighted by atomic mass is 16.5. The van der Waals surface area contributed by atoms with E-state index in [4.69, 9.17) is 10.5 Å². The van der Waals surface area contributed by atoms with E-state index in [0.717, 1.165) is 11.2 Å². The molecular formula is C11H14N2O. The summed E-state index contributed by atoms with van der Waals surface area (Å²) >= 11 is 0. The molecule has 14 heavy (non-hydrogen) atoms. The van der Waals surface area contributed by atoms with Crippen LogP contribution in [0.1, 0.15) is 11.3 Å². The van der Waals surface area contributed by atoms with E-state index in [1.165, 1.54) is 10.9 Å². The number of hydrogen-bond acceptors (Lipinski definition) is 2. The van der Waals surface area contributed by atoms with Crippen LogP contribution in [0.3, 0.4) is 0 Å². The summed E-state index contributed by atoms with van der Waals surface area (Å²) in [7, 11) is 1.69. The maximum Gasteiger partial charge on any atom is 0.0862 e. The van der Waals surface area contributed by atoms with Crippen molar-refractivity contribution in [3.63, 3.8) is 0 Å². The molecule has 0 aliphatic rings. The molecule has 0 atom stereocenters. The SMILES string of the molecule is COCc1cc2c(CN)cccc2[nH]1. The predicted molar refractivity (Wildman–Crippen MR) is 56.9 cm³/mol. The van der Waals surface area contributed by atoms with E-state index < -0.39 is 0 Å². The Morgan fingerprint density at radius 2 is 2.29 bits per heavy atom. The third kappa shape index (κ3) is 1.52. The van der Waals surface area contributed by atoms with Gasteiger partial charge in [-0.05, 0) is 17.7 Å². The standard InChI is InChI=1S/C11H14N2O/c1-14-7-9-5-10-8(6-12)3-2-4-11(10)13-9/h2-5,13H,6-7,12H2,1H3. The molecule has 0 saturated heterocycles. The van der Waals surface area contributed by atoms with Crippen LogP contribution >= 0.6 is 0 Å². The van der Waals surface area contributed by atoms with Crippen molar-refractivity contribution in [2.45, 2.75) is 13.2 Å². The van der Waals surface area contributed by atoms with Gasteiger partial charge in [0.25, 0.3) is 0 Å². The molecule has 2 rings (SSSR count). The monoisotopic (exact) mass is 190 g/mol. The second-order valence-electron chi connectivity index (χ2n) is 3.31. The highest BCUT2D eigenvalue weighted by molar-refractivity contribution is 5.83. The van der Waals surface area contributed by atoms with Crippen LogP contribution in [0.15, 0.2) is 24.3 Å². The van der Waals surface area contributed by atoms with Gasteiger partial charge in [-0.3, -0.25) is 0 Å². The first-order chi connectivity index (χ1) is 6.85. The maximum absolute atomic E-state index is 5.65. The van der Waals surface area contributed by atoms with Crippen LogP contribution in [0, 0.1) is 0 Å². The van der Waals surface area contributed by atoms with Crippen LogP contribution < -0.4 is 5.73 Å². The van der Waals surface area contributed by atoms with E-state index in [2.05, 4.69) is 11.1 Å². The Bertz CT molecular complexity index is 434. The lowest BCUT2D eigenvalue weighted by Gasteiger charge is -1.96. The van der Waals surface area contributed by atoms with Gasteiger partial charge in [-0.1, -0.05) is 12.1 Å². The highest BCUT2D eigenvalue weighted by Crippen LogP contribution is 2.19. The minimum absolute atomic E-state index is 0.571. The van der Waals surface area contributed by atoms with Crippen molar-refractivity contribution in [2.75, 3.05) is 7.11 Å². The Balaban J connectivity index is 2.52. The minimum atomic E-state index is 0.571. The van der Waals surface area contributed by atoms with Gasteiger partial charge in [-0.2, -0.15) is 0 Å². The first-order valence-electron chi connectivity index (χ1n) is 4.63. The van der Waals surface area contributed by atoms with E-state index in [0.29, 0.717) is 13.2 Å². The lowest BCUT2D eigenvalue weighted by Crippen LogP contribution is -1.95. The lowest BCUT2D eigenvalue weighted by molar-refractivity contribution is 0.182. The number of hydrogen-bond donors (Lipinski definition) is 2. The van der Waals surface area contributed by atoms with Gasteiger partial charge in [-0.15, -0.1) is 0 Å². The predicted octanol–water partition coefficient (Wildman–Crippen LogP) is 1.77. The Hall–Kier alpha value is -1.32. The number of aromatic nitrogens is 1. The van der Waals surface area contributed by atoms with Gasteiger partial charge in [0.2, 0.25) is 0 Å². The van der Waals surface area contributed by atoms with Crippen molar-refractivity contribution in [1.82, 2.24) is 4.98 Å². The quantitative estimate of drug-likeness (QED) is 0.775. The summed E-state index contributed by atoms with van der Waals surface area (Å²) in [5.41, 5.74) is 9.03. The van der Waals surface area contributed by atoms with E-state index in [-0.39, 0.29) is 0 Å². The molecule has 0 amide bonds. The summed E-state index contributed by atoms with van der Waals surface area (Å²) in [6.45, 7) is 1.18. The Morgan fingerprint density at radius 1 is 1.43 bits per heavy atom. The molecule has 0 unspecified atom stereocenters. The lowest BCUT2D eigenvalue weighted by atomic mass is 10.1. The number of aromatic amines is 1. The fourth-order valence-corrected chi connectivity index (χ4v) is 1.69. The molecule has 1 aromatic carbocycles. The van der Waals surface area contributed by atoms with Gasteiger partial charge in [0.15, 0.2) is 0 Å². The molecule has 2 aromatic rings. The second-order valence-corrected chi connectivity index (χ2v) is 3.31. The van der Waals surface area contributed by atoms with E-state index >= 15 is 0 Å². The van der Waals surface area contributed by atoms with Gasteiger partial charge in [0.05, 0.1) is 6.61 Å². The molecule has 0 aliphatic heterocycles. The Morgan fingerprint density at radius 3 is 3.00 bits per heavy atom. The van der Waals surface area contributed by atoms with Gasteiger partial charge >= 0.3 is 0 Å². The zero-order chi connectivity index (χ0) is 9.97. The van der Waals surface area contributed by atoms with Crippen molar-refractivity contribution in [2.24, 2.45) is 5.73 Å². The summed E-state index contributed by atoms with van der Waals surface area (Å²) in [6, 6.07) is 8.21. The Labute approximate surface area is 82.9 Å². The number of methoxy groups -OCH3 is 1. The van der Waals surface area contributed by atoms with Crippen molar-refractivity contribution in [3.05, 3.63) is 35.5 Å². The van der Waals surface area contributed by atoms with Crippen LogP contribution in [0.2, 0.25) is 0 Å². The normalized spacial score (nSPS) is 11.0. The average Bonchev–Trinajstić information content (AvgIpc) is 2.60. The van der Waals surface area contributed by atoms with Gasteiger partial charge in [-0.25, -0.2) is 0 Å². The zero-order valence-corrected chi connectivity index (χ0v) is 8.21. The third-order valence-electron chi connectivity index (χ3n) is 2.33. The summed E-state index contributed by atoms with van der Waals surface area (Å²) in [5, 5.41) is 1.20. The molecule has 0 radical (unpaired) electrons. The Kier molecular flexibility index (Phi) is 2.52. The number of rotatable bonds is 3. The second kappa shape index (κ2) is 3.82. The molecule has 0 saturated carbocycles. The van der Waals surface area contributed by atoms with Crippen LogP contribution in [-0.2, 0) is 17.9 Å². The number of fused-ring (bicyclic) bond motifs is 1. The maximum atomic E-state index is 5.65. The van der Waals surface area contributed by atoms with Crippen LogP contribution in [0.4, 0.5) is 0 Å². The minimum Gasteiger partial charge on any atom is -0.378 e. The molecule has 0 fully saturated rings. The molecule has 74 valence electrons. The molecule has 3 heteroatoms. The number of ether oxygens (including phenoxy) is 1. The van der Waals surface area contributed by atoms with E-state index in [1.807, 2.05) is 18.2 Å². The topological polar surface area (TPSA) is 51.0 Å². The average molecular weight is 190 g/mol. The molecule has 0 bridgehead atoms. The summed E-state index contributed by atoms with van der Waals surface area (Å²) < 4.78 is 5.07. The molecule has 0 aliphatic carbocycles. The third-order valence-corrected chi connectivity index (χ3v) is 2.33. The van der Waals surface area contributed by atoms with Crippen molar-refractivity contribution >= 4 is 10.9 Å². The van der Waals surface area contributed by atoms with Gasteiger partial charge < -0.3 is 15.5 Å². The number of nitrogens with two attached hydrogens (primary N) is 1. The summed E-state index contributed by atoms with van der Waals surface area (Å²) in [6.07, 6.45) is 0. The fourth-order valence-electron chi connectivity index (χ4n) is 1.69. The number of nitrogens with one attached hydrogen (secondary N) is 1. The van der Waals surface area contributed by atoms with Crippen LogP contribution in [0.5, 0.6) is 0 Å². The van der Waals surface area contributed by atoms with Gasteiger partial charge in [0.1, 0.15) is 0 Å². The summed E-state index contributed by atoms with van der Waals surface area (Å²) in [5.74, 6) is 0. The highest BCUT2D eigenvalue weighted by Gasteiger charge is 2.03. The van der Waals surface area contributed by atoms with Crippen LogP contribution in [-0.4, -0.2) is 12.1 Å². The number of benzene rings is 1. The largest absolute Gasteiger partial charge is 0.378 e. The van der Waals surface area contributed by atoms with E-state index in [9.17, 15) is 0 Å². The first-order valence-corrected chi connectivity index (χ1v) is 4.63. The van der Waals surface area contributed by atoms with Crippen molar-refractivity contribution < 1.29 is 4.74 Å². The zero-order valence-electron chi connectivity index (χ0n) is 8.21. The fraction of sp³-hybridized carbons (Fsp3) is 0.273. The summed E-state index contributed by atoms with van der Waals surface area (Å²) in [4.78, 5) is 3.29. The van der Waals surface area contributed by atoms with Crippen molar-refractivity contribution in [1.29, 1.82) is 0 Å². The molecule has 3 N–H and O–H groups in total. The van der Waals surface area contributed by atoms with Crippen molar-refractivity contribution in [3.8, 4) is 0 Å². The van der Waals surface area contributed by atoms with Gasteiger partial charge in [0, 0.05) is 30.3 Å².